The van der Waals surface area contributed by atoms with Crippen LogP contribution >= 0.6 is 22.7 Å². The summed E-state index contributed by atoms with van der Waals surface area (Å²) in [7, 11) is -3.94. The number of sulfonamides is 1. The zero-order valence-electron chi connectivity index (χ0n) is 29.1. The molecule has 0 saturated carbocycles. The van der Waals surface area contributed by atoms with Crippen LogP contribution in [0.3, 0.4) is 0 Å². The second-order valence-electron chi connectivity index (χ2n) is 13.0. The molecule has 2 aliphatic heterocycles. The molecule has 3 aliphatic rings. The van der Waals surface area contributed by atoms with Gasteiger partial charge in [0.25, 0.3) is 0 Å². The molecular weight excluding hydrogens is 739 g/mol. The Balaban J connectivity index is 1.17. The van der Waals surface area contributed by atoms with Gasteiger partial charge in [0.05, 0.1) is 30.7 Å². The fourth-order valence-corrected chi connectivity index (χ4v) is 10.3. The molecule has 1 saturated heterocycles. The predicted octanol–water partition coefficient (Wildman–Crippen LogP) is 9.51. The van der Waals surface area contributed by atoms with Crippen molar-refractivity contribution in [2.75, 3.05) is 18.4 Å². The number of piperidine rings is 1. The minimum Gasteiger partial charge on any atom is -0.462 e. The Morgan fingerprint density at radius 1 is 0.870 bits per heavy atom. The normalized spacial score (nSPS) is 14.7. The van der Waals surface area contributed by atoms with Crippen molar-refractivity contribution in [3.05, 3.63) is 115 Å². The van der Waals surface area contributed by atoms with E-state index in [1.165, 1.54) is 15.6 Å². The zero-order chi connectivity index (χ0) is 36.8. The number of hydrogen-bond donors (Lipinski definition) is 1. The van der Waals surface area contributed by atoms with E-state index in [2.05, 4.69) is 10.3 Å². The molecule has 9 rings (SSSR count). The van der Waals surface area contributed by atoms with Gasteiger partial charge >= 0.3 is 5.97 Å². The van der Waals surface area contributed by atoms with Gasteiger partial charge in [-0.3, -0.25) is 4.79 Å². The molecule has 10 nitrogen and oxygen atoms in total. The molecule has 0 radical (unpaired) electrons. The van der Waals surface area contributed by atoms with Crippen molar-refractivity contribution >= 4 is 86.0 Å². The first-order valence-electron chi connectivity index (χ1n) is 17.6. The van der Waals surface area contributed by atoms with Crippen molar-refractivity contribution in [3.63, 3.8) is 0 Å². The number of fused-ring (bicyclic) bond motifs is 4. The number of nitrogens with one attached hydrogen (secondary N) is 1. The SMILES string of the molecule is CCC(=O)OC1CCN(S(=O)(=O)c2ccccc2-c2c3cc/c(=N\c4nc5ccccc5s4)cc-3oc3cc(Nc4nc5ccccc5s4)ccc23)CC1. The summed E-state index contributed by atoms with van der Waals surface area (Å²) in [5, 5.41) is 6.22. The van der Waals surface area contributed by atoms with Crippen molar-refractivity contribution in [2.45, 2.75) is 37.2 Å². The average Bonchev–Trinajstić information content (AvgIpc) is 3.80. The number of anilines is 2. The monoisotopic (exact) mass is 771 g/mol. The third kappa shape index (κ3) is 6.53. The molecule has 1 fully saturated rings. The molecule has 1 aliphatic carbocycles. The highest BCUT2D eigenvalue weighted by Crippen LogP contribution is 2.44. The van der Waals surface area contributed by atoms with E-state index in [0.29, 0.717) is 40.2 Å². The quantitative estimate of drug-likeness (QED) is 0.120. The van der Waals surface area contributed by atoms with E-state index < -0.39 is 10.0 Å². The molecule has 0 amide bonds. The van der Waals surface area contributed by atoms with Gasteiger partial charge in [0, 0.05) is 59.4 Å². The summed E-state index contributed by atoms with van der Waals surface area (Å²) in [5.41, 5.74) is 5.17. The number of rotatable bonds is 8. The predicted molar refractivity (Wildman–Crippen MR) is 214 cm³/mol. The molecule has 0 unspecified atom stereocenters. The number of benzene rings is 5. The Labute approximate surface area is 318 Å². The third-order valence-corrected chi connectivity index (χ3v) is 13.4. The molecule has 2 aromatic heterocycles. The molecule has 270 valence electrons. The van der Waals surface area contributed by atoms with Crippen molar-refractivity contribution < 1.29 is 22.4 Å². The van der Waals surface area contributed by atoms with Crippen LogP contribution in [0.1, 0.15) is 26.2 Å². The van der Waals surface area contributed by atoms with Crippen LogP contribution < -0.4 is 10.7 Å². The van der Waals surface area contributed by atoms with Gasteiger partial charge in [-0.1, -0.05) is 72.1 Å². The van der Waals surface area contributed by atoms with Crippen molar-refractivity contribution in [3.8, 4) is 22.5 Å². The minimum atomic E-state index is -3.94. The van der Waals surface area contributed by atoms with Gasteiger partial charge in [0.2, 0.25) is 15.2 Å². The summed E-state index contributed by atoms with van der Waals surface area (Å²) in [6.07, 6.45) is 0.868. The van der Waals surface area contributed by atoms with Crippen LogP contribution in [0.15, 0.2) is 123 Å². The van der Waals surface area contributed by atoms with Gasteiger partial charge in [0.15, 0.2) is 5.13 Å². The van der Waals surface area contributed by atoms with Gasteiger partial charge in [-0.2, -0.15) is 4.31 Å². The Morgan fingerprint density at radius 3 is 2.35 bits per heavy atom. The summed E-state index contributed by atoms with van der Waals surface area (Å²) in [4.78, 5) is 26.4. The zero-order valence-corrected chi connectivity index (χ0v) is 31.5. The Hall–Kier alpha value is -5.47. The minimum absolute atomic E-state index is 0.197. The molecule has 54 heavy (non-hydrogen) atoms. The van der Waals surface area contributed by atoms with E-state index in [1.807, 2.05) is 97.1 Å². The summed E-state index contributed by atoms with van der Waals surface area (Å²) < 4.78 is 44.7. The van der Waals surface area contributed by atoms with Gasteiger partial charge in [-0.05, 0) is 67.4 Å². The lowest BCUT2D eigenvalue weighted by atomic mass is 9.93. The molecule has 0 bridgehead atoms. The molecular formula is C41H33N5O5S3. The van der Waals surface area contributed by atoms with Gasteiger partial charge in [0.1, 0.15) is 17.4 Å². The number of nitrogens with zero attached hydrogens (tertiary/aromatic N) is 4. The van der Waals surface area contributed by atoms with E-state index in [9.17, 15) is 13.2 Å². The van der Waals surface area contributed by atoms with E-state index >= 15 is 0 Å². The number of hydrogen-bond acceptors (Lipinski definition) is 11. The number of carbonyl (C=O) groups is 1. The topological polar surface area (TPSA) is 127 Å². The fourth-order valence-electron chi connectivity index (χ4n) is 6.88. The van der Waals surface area contributed by atoms with Crippen molar-refractivity contribution in [1.29, 1.82) is 0 Å². The van der Waals surface area contributed by atoms with Crippen molar-refractivity contribution in [2.24, 2.45) is 4.99 Å². The van der Waals surface area contributed by atoms with Crippen LogP contribution in [-0.4, -0.2) is 47.9 Å². The highest BCUT2D eigenvalue weighted by Gasteiger charge is 2.33. The molecule has 1 N–H and O–H groups in total. The number of aromatic nitrogens is 2. The van der Waals surface area contributed by atoms with Gasteiger partial charge < -0.3 is 14.5 Å². The maximum atomic E-state index is 14.5. The molecule has 0 spiro atoms. The first kappa shape index (κ1) is 34.3. The molecule has 0 atom stereocenters. The highest BCUT2D eigenvalue weighted by atomic mass is 32.2. The average molecular weight is 772 g/mol. The van der Waals surface area contributed by atoms with Gasteiger partial charge in [-0.25, -0.2) is 23.4 Å². The molecule has 13 heteroatoms. The van der Waals surface area contributed by atoms with Crippen LogP contribution in [0.25, 0.3) is 53.9 Å². The summed E-state index contributed by atoms with van der Waals surface area (Å²) >= 11 is 3.07. The van der Waals surface area contributed by atoms with Crippen LogP contribution in [-0.2, 0) is 19.6 Å². The first-order valence-corrected chi connectivity index (χ1v) is 20.7. The largest absolute Gasteiger partial charge is 0.462 e. The van der Waals surface area contributed by atoms with Crippen LogP contribution in [0.5, 0.6) is 0 Å². The second-order valence-corrected chi connectivity index (χ2v) is 16.9. The Kier molecular flexibility index (Phi) is 8.94. The van der Waals surface area contributed by atoms with Crippen LogP contribution in [0.2, 0.25) is 0 Å². The van der Waals surface area contributed by atoms with Gasteiger partial charge in [-0.15, -0.1) is 0 Å². The maximum absolute atomic E-state index is 14.5. The van der Waals surface area contributed by atoms with E-state index in [1.54, 1.807) is 30.4 Å². The fraction of sp³-hybridized carbons (Fsp3) is 0.171. The van der Waals surface area contributed by atoms with E-state index in [0.717, 1.165) is 47.8 Å². The highest BCUT2D eigenvalue weighted by molar-refractivity contribution is 7.89. The lowest BCUT2D eigenvalue weighted by molar-refractivity contribution is -0.150. The smallest absolute Gasteiger partial charge is 0.305 e. The first-order chi connectivity index (χ1) is 26.3. The molecule has 4 aromatic carbocycles. The Morgan fingerprint density at radius 2 is 1.59 bits per heavy atom. The summed E-state index contributed by atoms with van der Waals surface area (Å²) in [6, 6.07) is 34.6. The summed E-state index contributed by atoms with van der Waals surface area (Å²) in [6.45, 7) is 2.25. The number of ether oxygens (including phenoxy) is 1. The summed E-state index contributed by atoms with van der Waals surface area (Å²) in [5.74, 6) is 0.270. The lowest BCUT2D eigenvalue weighted by Gasteiger charge is -2.31. The Bertz CT molecular complexity index is 2790. The number of para-hydroxylation sites is 2. The van der Waals surface area contributed by atoms with Crippen molar-refractivity contribution in [1.82, 2.24) is 14.3 Å². The number of esters is 1. The number of carbonyl (C=O) groups excluding carboxylic acids is 1. The number of thiazole rings is 2. The van der Waals surface area contributed by atoms with E-state index in [4.69, 9.17) is 19.1 Å². The maximum Gasteiger partial charge on any atom is 0.305 e. The second kappa shape index (κ2) is 14.1. The molecule has 6 aromatic rings. The lowest BCUT2D eigenvalue weighted by Crippen LogP contribution is -2.41. The van der Waals surface area contributed by atoms with Crippen LogP contribution in [0.4, 0.5) is 16.0 Å². The van der Waals surface area contributed by atoms with Crippen LogP contribution in [0, 0.1) is 0 Å². The standard InChI is InChI=1S/C41H33N5O5S3/c1-2-38(47)50-27-19-21-46(22-20-27)54(48,49)37-14-8-3-9-30(37)39-28-17-15-25(42-40-44-31-10-4-6-12-35(31)52-40)23-33(28)51-34-24-26(16-18-29(34)39)43-41-45-32-11-5-7-13-36(32)53-41/h3-18,23-24,27H,2,19-22H2,1H3,(H,42,44)/b43-26+. The molecule has 4 heterocycles. The third-order valence-electron chi connectivity index (χ3n) is 9.52. The van der Waals surface area contributed by atoms with E-state index in [-0.39, 0.29) is 36.5 Å².